The van der Waals surface area contributed by atoms with E-state index in [2.05, 4.69) is 73.5 Å². The second-order valence-corrected chi connectivity index (χ2v) is 9.72. The highest BCUT2D eigenvalue weighted by molar-refractivity contribution is 6.08. The summed E-state index contributed by atoms with van der Waals surface area (Å²) in [6, 6.07) is 15.3. The number of piperazine rings is 1. The molecule has 1 aliphatic heterocycles. The van der Waals surface area contributed by atoms with Crippen molar-refractivity contribution < 1.29 is 4.79 Å². The average molecular weight is 454 g/mol. The molecule has 0 atom stereocenters. The topological polar surface area (TPSA) is 58.4 Å². The summed E-state index contributed by atoms with van der Waals surface area (Å²) < 4.78 is 0. The molecule has 1 fully saturated rings. The van der Waals surface area contributed by atoms with Crippen molar-refractivity contribution in [1.82, 2.24) is 5.32 Å². The second-order valence-electron chi connectivity index (χ2n) is 9.72. The van der Waals surface area contributed by atoms with Crippen molar-refractivity contribution in [3.63, 3.8) is 0 Å². The average Bonchev–Trinajstić information content (AvgIpc) is 3.23. The largest absolute Gasteiger partial charge is 0.368 e. The van der Waals surface area contributed by atoms with Crippen LogP contribution >= 0.6 is 0 Å². The molecular weight excluding hydrogens is 418 g/mol. The van der Waals surface area contributed by atoms with Gasteiger partial charge in [-0.1, -0.05) is 55.8 Å². The first-order valence-corrected chi connectivity index (χ1v) is 12.6. The lowest BCUT2D eigenvalue weighted by Gasteiger charge is -2.34. The first kappa shape index (κ1) is 22.7. The molecule has 34 heavy (non-hydrogen) atoms. The predicted octanol–water partition coefficient (Wildman–Crippen LogP) is 5.39. The summed E-state index contributed by atoms with van der Waals surface area (Å²) in [5.74, 6) is -0.301. The number of nitrogens with one attached hydrogen (secondary N) is 1. The Morgan fingerprint density at radius 2 is 1.74 bits per heavy atom. The minimum atomic E-state index is -0.301. The van der Waals surface area contributed by atoms with Crippen LogP contribution in [0.2, 0.25) is 0 Å². The van der Waals surface area contributed by atoms with E-state index in [1.807, 2.05) is 0 Å². The maximum Gasteiger partial charge on any atom is 0.251 e. The first-order valence-electron chi connectivity index (χ1n) is 12.6. The maximum atomic E-state index is 13.2. The maximum absolute atomic E-state index is 13.2. The second kappa shape index (κ2) is 9.27. The Morgan fingerprint density at radius 1 is 1.00 bits per heavy atom. The fourth-order valence-corrected chi connectivity index (χ4v) is 5.84. The lowest BCUT2D eigenvalue weighted by Crippen LogP contribution is -2.45. The number of carbonyl (C=O) groups is 1. The van der Waals surface area contributed by atoms with Crippen LogP contribution < -0.4 is 16.0 Å². The Kier molecular flexibility index (Phi) is 6.18. The lowest BCUT2D eigenvalue weighted by molar-refractivity contribution is 0.0999. The number of hydrogen-bond donors (Lipinski definition) is 2. The van der Waals surface area contributed by atoms with Crippen molar-refractivity contribution in [3.8, 4) is 22.3 Å². The lowest BCUT2D eigenvalue weighted by atomic mass is 9.81. The number of fused-ring (bicyclic) bond motifs is 3. The third kappa shape index (κ3) is 3.70. The molecule has 1 aliphatic carbocycles. The number of amides is 1. The van der Waals surface area contributed by atoms with E-state index in [0.29, 0.717) is 0 Å². The number of unbranched alkanes of at least 4 members (excludes halogenated alkanes) is 1. The summed E-state index contributed by atoms with van der Waals surface area (Å²) >= 11 is 0. The highest BCUT2D eigenvalue weighted by Gasteiger charge is 2.34. The summed E-state index contributed by atoms with van der Waals surface area (Å²) in [5, 5.41) is 3.46. The Labute approximate surface area is 203 Å². The van der Waals surface area contributed by atoms with E-state index >= 15 is 0 Å². The monoisotopic (exact) mass is 453 g/mol. The Bertz CT molecular complexity index is 1250. The summed E-state index contributed by atoms with van der Waals surface area (Å²) in [6.45, 7) is 10.2. The van der Waals surface area contributed by atoms with Crippen molar-refractivity contribution in [2.45, 2.75) is 46.5 Å². The van der Waals surface area contributed by atoms with Gasteiger partial charge < -0.3 is 16.0 Å². The van der Waals surface area contributed by atoms with Gasteiger partial charge in [-0.05, 0) is 76.8 Å². The Balaban J connectivity index is 1.93. The Morgan fingerprint density at radius 3 is 2.47 bits per heavy atom. The smallest absolute Gasteiger partial charge is 0.251 e. The van der Waals surface area contributed by atoms with Gasteiger partial charge in [-0.25, -0.2) is 0 Å². The van der Waals surface area contributed by atoms with E-state index in [-0.39, 0.29) is 5.91 Å². The molecule has 4 nitrogen and oxygen atoms in total. The molecule has 0 bridgehead atoms. The molecular formula is C30H35N3O. The molecule has 1 saturated heterocycles. The number of rotatable bonds is 6. The fourth-order valence-electron chi connectivity index (χ4n) is 5.84. The summed E-state index contributed by atoms with van der Waals surface area (Å²) in [5.41, 5.74) is 19.4. The van der Waals surface area contributed by atoms with Crippen molar-refractivity contribution in [1.29, 1.82) is 0 Å². The number of aryl methyl sites for hydroxylation is 1. The van der Waals surface area contributed by atoms with E-state index in [9.17, 15) is 4.79 Å². The van der Waals surface area contributed by atoms with Crippen LogP contribution in [0.25, 0.3) is 22.3 Å². The summed E-state index contributed by atoms with van der Waals surface area (Å²) in [4.78, 5) is 15.6. The summed E-state index contributed by atoms with van der Waals surface area (Å²) in [7, 11) is 0. The van der Waals surface area contributed by atoms with E-state index in [4.69, 9.17) is 5.73 Å². The fraction of sp³-hybridized carbons (Fsp3) is 0.367. The van der Waals surface area contributed by atoms with Crippen LogP contribution in [-0.2, 0) is 12.8 Å². The number of nitrogens with zero attached hydrogens (tertiary/aromatic N) is 1. The molecule has 176 valence electrons. The van der Waals surface area contributed by atoms with Crippen LogP contribution in [0.1, 0.15) is 57.9 Å². The van der Waals surface area contributed by atoms with E-state index < -0.39 is 0 Å². The van der Waals surface area contributed by atoms with Crippen LogP contribution in [0.4, 0.5) is 5.69 Å². The van der Waals surface area contributed by atoms with Gasteiger partial charge in [-0.2, -0.15) is 0 Å². The molecule has 0 unspecified atom stereocenters. The number of benzene rings is 3. The van der Waals surface area contributed by atoms with Gasteiger partial charge in [0.2, 0.25) is 0 Å². The minimum absolute atomic E-state index is 0.301. The normalized spacial score (nSPS) is 14.7. The van der Waals surface area contributed by atoms with Gasteiger partial charge in [0.25, 0.3) is 5.91 Å². The highest BCUT2D eigenvalue weighted by atomic mass is 16.1. The number of primary amides is 1. The highest BCUT2D eigenvalue weighted by Crippen LogP contribution is 2.51. The third-order valence-electron chi connectivity index (χ3n) is 7.67. The predicted molar refractivity (Wildman–Crippen MR) is 142 cm³/mol. The van der Waals surface area contributed by atoms with E-state index in [0.717, 1.165) is 68.7 Å². The molecule has 4 heteroatoms. The van der Waals surface area contributed by atoms with Crippen LogP contribution in [0.3, 0.4) is 0 Å². The number of nitrogens with two attached hydrogens (primary N) is 1. The van der Waals surface area contributed by atoms with E-state index in [1.165, 1.54) is 44.5 Å². The standard InChI is InChI=1S/C30H35N3O/c1-4-5-11-24-26(22-13-8-9-19(2)20(22)3)27-23-12-7-6-10-21(23)18-25(27)29(28(24)30(31)34)33-16-14-32-15-17-33/h6-10,12-13,32H,4-5,11,14-18H2,1-3H3,(H2,31,34). The first-order chi connectivity index (χ1) is 16.5. The molecule has 2 aliphatic rings. The molecule has 5 rings (SSSR count). The number of carbonyl (C=O) groups excluding carboxylic acids is 1. The van der Waals surface area contributed by atoms with Gasteiger partial charge in [0.05, 0.1) is 11.3 Å². The van der Waals surface area contributed by atoms with Crippen molar-refractivity contribution >= 4 is 11.6 Å². The SMILES string of the molecule is CCCCc1c(C(N)=O)c(N2CCNCC2)c2c(c1-c1cccc(C)c1C)-c1ccccc1C2. The van der Waals surface area contributed by atoms with Gasteiger partial charge in [-0.15, -0.1) is 0 Å². The van der Waals surface area contributed by atoms with Crippen LogP contribution in [-0.4, -0.2) is 32.1 Å². The van der Waals surface area contributed by atoms with Crippen LogP contribution in [0.15, 0.2) is 42.5 Å². The van der Waals surface area contributed by atoms with Crippen molar-refractivity contribution in [2.75, 3.05) is 31.1 Å². The van der Waals surface area contributed by atoms with Gasteiger partial charge in [-0.3, -0.25) is 4.79 Å². The number of hydrogen-bond acceptors (Lipinski definition) is 3. The van der Waals surface area contributed by atoms with Crippen LogP contribution in [0, 0.1) is 13.8 Å². The molecule has 3 aromatic rings. The van der Waals surface area contributed by atoms with Gasteiger partial charge in [0.1, 0.15) is 0 Å². The molecule has 1 heterocycles. The number of anilines is 1. The van der Waals surface area contributed by atoms with Crippen LogP contribution in [0.5, 0.6) is 0 Å². The molecule has 0 spiro atoms. The molecule has 3 aromatic carbocycles. The quantitative estimate of drug-likeness (QED) is 0.411. The van der Waals surface area contributed by atoms with Crippen molar-refractivity contribution in [2.24, 2.45) is 5.73 Å². The summed E-state index contributed by atoms with van der Waals surface area (Å²) in [6.07, 6.45) is 3.80. The van der Waals surface area contributed by atoms with Gasteiger partial charge in [0, 0.05) is 32.6 Å². The Hall–Kier alpha value is -3.11. The molecule has 0 radical (unpaired) electrons. The van der Waals surface area contributed by atoms with Crippen molar-refractivity contribution in [3.05, 3.63) is 75.8 Å². The molecule has 1 amide bonds. The van der Waals surface area contributed by atoms with Gasteiger partial charge in [0.15, 0.2) is 0 Å². The minimum Gasteiger partial charge on any atom is -0.368 e. The zero-order valence-corrected chi connectivity index (χ0v) is 20.6. The zero-order valence-electron chi connectivity index (χ0n) is 20.6. The zero-order chi connectivity index (χ0) is 23.8. The molecule has 0 saturated carbocycles. The molecule has 0 aromatic heterocycles. The third-order valence-corrected chi connectivity index (χ3v) is 7.67. The van der Waals surface area contributed by atoms with E-state index in [1.54, 1.807) is 0 Å². The molecule has 3 N–H and O–H groups in total. The van der Waals surface area contributed by atoms with Gasteiger partial charge >= 0.3 is 0 Å².